The van der Waals surface area contributed by atoms with Crippen molar-refractivity contribution in [3.05, 3.63) is 66.1 Å². The molecule has 138 valence electrons. The van der Waals surface area contributed by atoms with Crippen LogP contribution >= 0.6 is 0 Å². The number of anilines is 1. The highest BCUT2D eigenvalue weighted by Crippen LogP contribution is 2.31. The summed E-state index contributed by atoms with van der Waals surface area (Å²) >= 11 is 0. The van der Waals surface area contributed by atoms with Crippen LogP contribution in [0, 0.1) is 11.6 Å². The molecule has 4 rings (SSSR count). The Morgan fingerprint density at radius 1 is 1.00 bits per heavy atom. The van der Waals surface area contributed by atoms with Crippen LogP contribution in [-0.2, 0) is 4.79 Å². The molecule has 27 heavy (non-hydrogen) atoms. The zero-order valence-corrected chi connectivity index (χ0v) is 14.4. The minimum Gasteiger partial charge on any atom is -0.339 e. The third kappa shape index (κ3) is 3.72. The van der Waals surface area contributed by atoms with Gasteiger partial charge in [-0.05, 0) is 61.4 Å². The summed E-state index contributed by atoms with van der Waals surface area (Å²) in [4.78, 5) is 18.8. The van der Waals surface area contributed by atoms with Crippen LogP contribution in [0.3, 0.4) is 0 Å². The number of benzene rings is 2. The number of amides is 1. The Morgan fingerprint density at radius 2 is 1.67 bits per heavy atom. The number of halogens is 2. The van der Waals surface area contributed by atoms with Gasteiger partial charge in [-0.2, -0.15) is 4.98 Å². The van der Waals surface area contributed by atoms with Crippen molar-refractivity contribution in [3.8, 4) is 11.4 Å². The second kappa shape index (κ2) is 7.26. The summed E-state index contributed by atoms with van der Waals surface area (Å²) < 4.78 is 31.6. The third-order valence-corrected chi connectivity index (χ3v) is 4.69. The van der Waals surface area contributed by atoms with Gasteiger partial charge in [0.25, 0.3) is 0 Å². The van der Waals surface area contributed by atoms with Gasteiger partial charge in [0.1, 0.15) is 11.6 Å². The van der Waals surface area contributed by atoms with E-state index in [0.29, 0.717) is 29.5 Å². The van der Waals surface area contributed by atoms with Crippen molar-refractivity contribution in [2.75, 3.05) is 11.4 Å². The average Bonchev–Trinajstić information content (AvgIpc) is 3.08. The van der Waals surface area contributed by atoms with Crippen molar-refractivity contribution in [2.45, 2.75) is 25.2 Å². The van der Waals surface area contributed by atoms with Crippen molar-refractivity contribution >= 4 is 11.6 Å². The molecule has 0 saturated carbocycles. The molecule has 1 aromatic heterocycles. The van der Waals surface area contributed by atoms with Gasteiger partial charge in [-0.15, -0.1) is 0 Å². The highest BCUT2D eigenvalue weighted by molar-refractivity contribution is 5.94. The van der Waals surface area contributed by atoms with E-state index in [0.717, 1.165) is 12.8 Å². The van der Waals surface area contributed by atoms with Crippen LogP contribution in [0.4, 0.5) is 14.5 Å². The van der Waals surface area contributed by atoms with E-state index in [-0.39, 0.29) is 29.9 Å². The van der Waals surface area contributed by atoms with Crippen LogP contribution in [0.25, 0.3) is 11.4 Å². The summed E-state index contributed by atoms with van der Waals surface area (Å²) in [6.45, 7) is 0.555. The van der Waals surface area contributed by atoms with Crippen LogP contribution in [0.2, 0.25) is 0 Å². The zero-order valence-electron chi connectivity index (χ0n) is 14.4. The van der Waals surface area contributed by atoms with Gasteiger partial charge >= 0.3 is 0 Å². The summed E-state index contributed by atoms with van der Waals surface area (Å²) in [5.74, 6) is -0.133. The van der Waals surface area contributed by atoms with Gasteiger partial charge in [-0.25, -0.2) is 8.78 Å². The highest BCUT2D eigenvalue weighted by atomic mass is 19.1. The normalized spacial score (nSPS) is 17.8. The molecule has 1 aliphatic heterocycles. The molecule has 1 atom stereocenters. The molecule has 5 nitrogen and oxygen atoms in total. The number of nitrogens with zero attached hydrogens (tertiary/aromatic N) is 3. The lowest BCUT2D eigenvalue weighted by Gasteiger charge is -2.20. The van der Waals surface area contributed by atoms with Gasteiger partial charge in [0.2, 0.25) is 17.6 Å². The molecule has 1 aliphatic rings. The first kappa shape index (κ1) is 17.3. The lowest BCUT2D eigenvalue weighted by Crippen LogP contribution is -2.30. The van der Waals surface area contributed by atoms with Crippen LogP contribution in [0.15, 0.2) is 53.1 Å². The van der Waals surface area contributed by atoms with Crippen LogP contribution in [0.1, 0.15) is 31.1 Å². The van der Waals surface area contributed by atoms with Gasteiger partial charge in [0.15, 0.2) is 0 Å². The van der Waals surface area contributed by atoms with E-state index in [9.17, 15) is 13.6 Å². The summed E-state index contributed by atoms with van der Waals surface area (Å²) in [5.41, 5.74) is 1.33. The maximum Gasteiger partial charge on any atom is 0.230 e. The molecule has 1 saturated heterocycles. The molecule has 1 unspecified atom stereocenters. The smallest absolute Gasteiger partial charge is 0.230 e. The minimum atomic E-state index is -0.335. The molecule has 0 spiro atoms. The Hall–Kier alpha value is -3.09. The molecule has 0 aliphatic carbocycles. The summed E-state index contributed by atoms with van der Waals surface area (Å²) in [5, 5.41) is 3.96. The standard InChI is InChI=1S/C20H17F2N3O2/c21-15-5-3-13(4-6-15)19-23-20(27-24-19)14-2-1-11-25(18(26)12-14)17-9-7-16(22)8-10-17/h3-10,14H,1-2,11-12H2. The lowest BCUT2D eigenvalue weighted by molar-refractivity contribution is -0.118. The summed E-state index contributed by atoms with van der Waals surface area (Å²) in [6.07, 6.45) is 1.74. The first-order valence-corrected chi connectivity index (χ1v) is 8.75. The molecule has 1 fully saturated rings. The molecular weight excluding hydrogens is 352 g/mol. The van der Waals surface area contributed by atoms with Crippen LogP contribution < -0.4 is 4.90 Å². The highest BCUT2D eigenvalue weighted by Gasteiger charge is 2.29. The number of aromatic nitrogens is 2. The third-order valence-electron chi connectivity index (χ3n) is 4.69. The first-order chi connectivity index (χ1) is 13.1. The molecule has 0 N–H and O–H groups in total. The van der Waals surface area contributed by atoms with E-state index in [1.165, 1.54) is 24.3 Å². The summed E-state index contributed by atoms with van der Waals surface area (Å²) in [6, 6.07) is 11.7. The largest absolute Gasteiger partial charge is 0.339 e. The fourth-order valence-electron chi connectivity index (χ4n) is 3.27. The number of carbonyl (C=O) groups is 1. The Morgan fingerprint density at radius 3 is 2.37 bits per heavy atom. The van der Waals surface area contributed by atoms with E-state index in [2.05, 4.69) is 10.1 Å². The molecule has 7 heteroatoms. The molecule has 1 amide bonds. The first-order valence-electron chi connectivity index (χ1n) is 8.75. The second-order valence-corrected chi connectivity index (χ2v) is 6.53. The fourth-order valence-corrected chi connectivity index (χ4v) is 3.27. The Kier molecular flexibility index (Phi) is 4.66. The van der Waals surface area contributed by atoms with E-state index in [1.807, 2.05) is 0 Å². The topological polar surface area (TPSA) is 59.2 Å². The predicted octanol–water partition coefficient (Wildman–Crippen LogP) is 4.32. The number of hydrogen-bond acceptors (Lipinski definition) is 4. The van der Waals surface area contributed by atoms with E-state index in [1.54, 1.807) is 29.2 Å². The number of hydrogen-bond donors (Lipinski definition) is 0. The van der Waals surface area contributed by atoms with Crippen molar-refractivity contribution in [1.29, 1.82) is 0 Å². The van der Waals surface area contributed by atoms with Crippen molar-refractivity contribution in [1.82, 2.24) is 10.1 Å². The van der Waals surface area contributed by atoms with Crippen molar-refractivity contribution < 1.29 is 18.1 Å². The lowest BCUT2D eigenvalue weighted by atomic mass is 10.0. The van der Waals surface area contributed by atoms with Gasteiger partial charge < -0.3 is 9.42 Å². The second-order valence-electron chi connectivity index (χ2n) is 6.53. The molecule has 0 bridgehead atoms. The summed E-state index contributed by atoms with van der Waals surface area (Å²) in [7, 11) is 0. The van der Waals surface area contributed by atoms with Crippen molar-refractivity contribution in [3.63, 3.8) is 0 Å². The molecule has 3 aromatic rings. The van der Waals surface area contributed by atoms with E-state index < -0.39 is 0 Å². The Balaban J connectivity index is 1.51. The van der Waals surface area contributed by atoms with Crippen LogP contribution in [-0.4, -0.2) is 22.6 Å². The van der Waals surface area contributed by atoms with E-state index in [4.69, 9.17) is 4.52 Å². The molecule has 2 heterocycles. The maximum absolute atomic E-state index is 13.1. The number of rotatable bonds is 3. The monoisotopic (exact) mass is 369 g/mol. The fraction of sp³-hybridized carbons (Fsp3) is 0.250. The quantitative estimate of drug-likeness (QED) is 0.690. The SMILES string of the molecule is O=C1CC(c2nc(-c3ccc(F)cc3)no2)CCCN1c1ccc(F)cc1. The van der Waals surface area contributed by atoms with Gasteiger partial charge in [-0.1, -0.05) is 5.16 Å². The Bertz CT molecular complexity index is 939. The van der Waals surface area contributed by atoms with Gasteiger partial charge in [-0.3, -0.25) is 4.79 Å². The van der Waals surface area contributed by atoms with Crippen LogP contribution in [0.5, 0.6) is 0 Å². The molecule has 2 aromatic carbocycles. The minimum absolute atomic E-state index is 0.0642. The van der Waals surface area contributed by atoms with Crippen molar-refractivity contribution in [2.24, 2.45) is 0 Å². The average molecular weight is 369 g/mol. The molecular formula is C20H17F2N3O2. The predicted molar refractivity (Wildman–Crippen MR) is 95.0 cm³/mol. The molecule has 0 radical (unpaired) electrons. The van der Waals surface area contributed by atoms with E-state index >= 15 is 0 Å². The Labute approximate surface area is 154 Å². The van der Waals surface area contributed by atoms with Gasteiger partial charge in [0, 0.05) is 30.1 Å². The van der Waals surface area contributed by atoms with Gasteiger partial charge in [0.05, 0.1) is 0 Å². The maximum atomic E-state index is 13.1. The zero-order chi connectivity index (χ0) is 18.8. The number of carbonyl (C=O) groups excluding carboxylic acids is 1.